The number of hydrogen-bond acceptors (Lipinski definition) is 2. The Morgan fingerprint density at radius 1 is 0.489 bits per heavy atom. The first-order valence-electron chi connectivity index (χ1n) is 15.9. The quantitative estimate of drug-likeness (QED) is 0.193. The van der Waals surface area contributed by atoms with Crippen LogP contribution in [-0.2, 0) is 0 Å². The van der Waals surface area contributed by atoms with Crippen molar-refractivity contribution in [3.63, 3.8) is 0 Å². The fourth-order valence-corrected chi connectivity index (χ4v) is 8.38. The fraction of sp³-hybridized carbons (Fsp3) is 0. The van der Waals surface area contributed by atoms with Crippen LogP contribution in [0, 0.1) is 0 Å². The van der Waals surface area contributed by atoms with Crippen molar-refractivity contribution in [3.8, 4) is 39.1 Å². The topological polar surface area (TPSA) is 22.2 Å². The highest BCUT2D eigenvalue weighted by atomic mass is 32.1. The van der Waals surface area contributed by atoms with E-state index in [1.807, 2.05) is 11.3 Å². The van der Waals surface area contributed by atoms with E-state index < -0.39 is 0 Å². The van der Waals surface area contributed by atoms with Gasteiger partial charge < -0.3 is 0 Å². The average molecular weight is 618 g/mol. The summed E-state index contributed by atoms with van der Waals surface area (Å²) in [5.74, 6) is 0. The maximum atomic E-state index is 5.17. The van der Waals surface area contributed by atoms with Gasteiger partial charge in [0.05, 0.1) is 5.52 Å². The van der Waals surface area contributed by atoms with Gasteiger partial charge in [0, 0.05) is 37.4 Å². The number of pyridine rings is 1. The lowest BCUT2D eigenvalue weighted by Gasteiger charge is -2.11. The zero-order valence-corrected chi connectivity index (χ0v) is 26.2. The third-order valence-corrected chi connectivity index (χ3v) is 10.5. The summed E-state index contributed by atoms with van der Waals surface area (Å²) < 4.78 is 7.28. The third kappa shape index (κ3) is 4.09. The van der Waals surface area contributed by atoms with Crippen LogP contribution in [0.25, 0.3) is 87.0 Å². The monoisotopic (exact) mass is 617 g/mol. The average Bonchev–Trinajstić information content (AvgIpc) is 3.81. The molecule has 47 heavy (non-hydrogen) atoms. The first-order chi connectivity index (χ1) is 23.3. The number of thiophene rings is 1. The molecule has 4 heterocycles. The number of nitrogens with zero attached hydrogens (tertiary/aromatic N) is 3. The van der Waals surface area contributed by atoms with Crippen LogP contribution in [-0.4, -0.2) is 14.0 Å². The Labute approximate surface area is 275 Å². The molecule has 0 radical (unpaired) electrons. The number of hydrogen-bond donors (Lipinski definition) is 0. The van der Waals surface area contributed by atoms with E-state index in [4.69, 9.17) is 4.98 Å². The summed E-state index contributed by atoms with van der Waals surface area (Å²) in [6, 6.07) is 56.6. The lowest BCUT2D eigenvalue weighted by molar-refractivity contribution is 1.10. The summed E-state index contributed by atoms with van der Waals surface area (Å²) in [5.41, 5.74) is 12.5. The van der Waals surface area contributed by atoms with E-state index in [9.17, 15) is 0 Å². The van der Waals surface area contributed by atoms with E-state index in [-0.39, 0.29) is 0 Å². The van der Waals surface area contributed by atoms with Crippen LogP contribution in [0.1, 0.15) is 0 Å². The molecule has 0 aliphatic carbocycles. The summed E-state index contributed by atoms with van der Waals surface area (Å²) >= 11 is 1.88. The molecule has 0 atom stereocenters. The predicted molar refractivity (Wildman–Crippen MR) is 199 cm³/mol. The summed E-state index contributed by atoms with van der Waals surface area (Å²) in [6.07, 6.45) is 2.25. The minimum Gasteiger partial charge on any atom is -0.294 e. The molecule has 10 aromatic rings. The summed E-state index contributed by atoms with van der Waals surface area (Å²) in [6.45, 7) is 0. The number of fused-ring (bicyclic) bond motifs is 8. The van der Waals surface area contributed by atoms with Crippen molar-refractivity contribution in [3.05, 3.63) is 164 Å². The molecular weight excluding hydrogens is 591 g/mol. The molecule has 0 bridgehead atoms. The smallest absolute Gasteiger partial charge is 0.150 e. The van der Waals surface area contributed by atoms with Gasteiger partial charge in [-0.1, -0.05) is 115 Å². The SMILES string of the molecule is c1ccc(-c2cccc(-n3c4ccccc4c4nc5ccc(-c6cccc(-c7cccc8c7sc7ccccc78)c6)cn5c43)c2)cc1. The minimum absolute atomic E-state index is 0.934. The zero-order chi connectivity index (χ0) is 30.9. The lowest BCUT2D eigenvalue weighted by Crippen LogP contribution is -1.98. The highest BCUT2D eigenvalue weighted by molar-refractivity contribution is 7.26. The van der Waals surface area contributed by atoms with Crippen molar-refractivity contribution in [2.45, 2.75) is 0 Å². The molecule has 0 amide bonds. The van der Waals surface area contributed by atoms with E-state index in [1.165, 1.54) is 48.0 Å². The maximum Gasteiger partial charge on any atom is 0.150 e. The van der Waals surface area contributed by atoms with Crippen LogP contribution in [0.5, 0.6) is 0 Å². The van der Waals surface area contributed by atoms with Gasteiger partial charge in [-0.2, -0.15) is 0 Å². The highest BCUT2D eigenvalue weighted by Gasteiger charge is 2.19. The number of aromatic nitrogens is 3. The van der Waals surface area contributed by atoms with Gasteiger partial charge in [-0.25, -0.2) is 4.98 Å². The molecular formula is C43H27N3S. The highest BCUT2D eigenvalue weighted by Crippen LogP contribution is 2.41. The molecule has 0 aliphatic heterocycles. The number of imidazole rings is 1. The van der Waals surface area contributed by atoms with Gasteiger partial charge in [0.15, 0.2) is 5.65 Å². The predicted octanol–water partition coefficient (Wildman–Crippen LogP) is 11.8. The number of benzene rings is 6. The Bertz CT molecular complexity index is 2800. The zero-order valence-electron chi connectivity index (χ0n) is 25.3. The largest absolute Gasteiger partial charge is 0.294 e. The molecule has 0 saturated heterocycles. The second-order valence-electron chi connectivity index (χ2n) is 12.1. The minimum atomic E-state index is 0.934. The summed E-state index contributed by atoms with van der Waals surface area (Å²) in [5, 5.41) is 3.79. The maximum absolute atomic E-state index is 5.17. The van der Waals surface area contributed by atoms with Crippen LogP contribution >= 0.6 is 11.3 Å². The van der Waals surface area contributed by atoms with Crippen LogP contribution in [0.15, 0.2) is 164 Å². The Kier molecular flexibility index (Phi) is 5.74. The van der Waals surface area contributed by atoms with Crippen molar-refractivity contribution in [1.82, 2.24) is 14.0 Å². The van der Waals surface area contributed by atoms with Gasteiger partial charge in [-0.15, -0.1) is 11.3 Å². The molecule has 0 saturated carbocycles. The van der Waals surface area contributed by atoms with Crippen molar-refractivity contribution in [2.24, 2.45) is 0 Å². The second-order valence-corrected chi connectivity index (χ2v) is 13.1. The van der Waals surface area contributed by atoms with Gasteiger partial charge in [0.2, 0.25) is 0 Å². The normalized spacial score (nSPS) is 11.8. The van der Waals surface area contributed by atoms with E-state index >= 15 is 0 Å². The molecule has 10 rings (SSSR count). The fourth-order valence-electron chi connectivity index (χ4n) is 7.14. The van der Waals surface area contributed by atoms with E-state index in [0.717, 1.165) is 39.0 Å². The molecule has 3 nitrogen and oxygen atoms in total. The van der Waals surface area contributed by atoms with Gasteiger partial charge in [-0.05, 0) is 75.8 Å². The van der Waals surface area contributed by atoms with E-state index in [2.05, 4.69) is 173 Å². The molecule has 0 spiro atoms. The van der Waals surface area contributed by atoms with E-state index in [1.54, 1.807) is 0 Å². The molecule has 0 N–H and O–H groups in total. The van der Waals surface area contributed by atoms with Crippen molar-refractivity contribution in [2.75, 3.05) is 0 Å². The van der Waals surface area contributed by atoms with Gasteiger partial charge >= 0.3 is 0 Å². The summed E-state index contributed by atoms with van der Waals surface area (Å²) in [7, 11) is 0. The Hall–Kier alpha value is -5.97. The number of para-hydroxylation sites is 1. The molecule has 220 valence electrons. The van der Waals surface area contributed by atoms with Crippen LogP contribution < -0.4 is 0 Å². The van der Waals surface area contributed by atoms with Crippen molar-refractivity contribution < 1.29 is 0 Å². The van der Waals surface area contributed by atoms with Crippen LogP contribution in [0.4, 0.5) is 0 Å². The standard InChI is InChI=1S/C43H27N3S/c1-2-11-28(12-3-1)30-14-9-16-33(26-30)46-38-21-6-4-18-37(38)41-43(46)45-27-32(23-24-40(45)44-41)29-13-8-15-31(25-29)34-19-10-20-36-35-17-5-7-22-39(35)47-42(34)36/h1-27H. The second kappa shape index (κ2) is 10.3. The van der Waals surface area contributed by atoms with Crippen molar-refractivity contribution in [1.29, 1.82) is 0 Å². The van der Waals surface area contributed by atoms with Crippen LogP contribution in [0.3, 0.4) is 0 Å². The Balaban J connectivity index is 1.16. The summed E-state index contributed by atoms with van der Waals surface area (Å²) in [4.78, 5) is 5.17. The van der Waals surface area contributed by atoms with Gasteiger partial charge in [-0.3, -0.25) is 8.97 Å². The molecule has 4 heteroatoms. The van der Waals surface area contributed by atoms with Crippen LogP contribution in [0.2, 0.25) is 0 Å². The van der Waals surface area contributed by atoms with Crippen molar-refractivity contribution >= 4 is 59.2 Å². The Morgan fingerprint density at radius 2 is 1.19 bits per heavy atom. The number of rotatable bonds is 4. The molecule has 4 aromatic heterocycles. The molecule has 0 aliphatic rings. The first kappa shape index (κ1) is 26.3. The lowest BCUT2D eigenvalue weighted by atomic mass is 9.98. The van der Waals surface area contributed by atoms with Gasteiger partial charge in [0.25, 0.3) is 0 Å². The first-order valence-corrected chi connectivity index (χ1v) is 16.7. The molecule has 0 fully saturated rings. The van der Waals surface area contributed by atoms with Gasteiger partial charge in [0.1, 0.15) is 11.2 Å². The Morgan fingerprint density at radius 3 is 2.11 bits per heavy atom. The van der Waals surface area contributed by atoms with E-state index in [0.29, 0.717) is 0 Å². The molecule has 0 unspecified atom stereocenters. The molecule has 6 aromatic carbocycles. The third-order valence-electron chi connectivity index (χ3n) is 9.33.